The number of phenolic OH excluding ortho intramolecular Hbond substituents is 1. The second-order valence-electron chi connectivity index (χ2n) is 10.1. The molecule has 1 fully saturated rings. The third-order valence-corrected chi connectivity index (χ3v) is 8.04. The molecule has 0 bridgehead atoms. The fourth-order valence-corrected chi connectivity index (χ4v) is 6.14. The van der Waals surface area contributed by atoms with Gasteiger partial charge in [-0.3, -0.25) is 4.79 Å². The Labute approximate surface area is 222 Å². The van der Waals surface area contributed by atoms with Crippen LogP contribution in [-0.2, 0) is 14.3 Å². The van der Waals surface area contributed by atoms with Gasteiger partial charge in [0.25, 0.3) is 0 Å². The number of esters is 1. The van der Waals surface area contributed by atoms with Crippen molar-refractivity contribution in [2.45, 2.75) is 69.8 Å². The maximum absolute atomic E-state index is 13.8. The van der Waals surface area contributed by atoms with Crippen LogP contribution >= 0.6 is 11.6 Å². The van der Waals surface area contributed by atoms with E-state index in [1.807, 2.05) is 37.3 Å². The number of nitrogens with one attached hydrogen (secondary N) is 1. The van der Waals surface area contributed by atoms with Gasteiger partial charge in [-0.05, 0) is 68.2 Å². The van der Waals surface area contributed by atoms with Crippen molar-refractivity contribution in [1.82, 2.24) is 5.32 Å². The van der Waals surface area contributed by atoms with Gasteiger partial charge in [0, 0.05) is 29.3 Å². The highest BCUT2D eigenvalue weighted by Crippen LogP contribution is 2.48. The van der Waals surface area contributed by atoms with Crippen molar-refractivity contribution in [2.24, 2.45) is 0 Å². The number of hydrogen-bond acceptors (Lipinski definition) is 6. The largest absolute Gasteiger partial charge is 0.503 e. The highest BCUT2D eigenvalue weighted by Gasteiger charge is 2.42. The molecular weight excluding hydrogens is 490 g/mol. The van der Waals surface area contributed by atoms with Gasteiger partial charge in [-0.1, -0.05) is 48.4 Å². The number of ketones is 1. The van der Waals surface area contributed by atoms with Crippen molar-refractivity contribution in [1.29, 1.82) is 0 Å². The second kappa shape index (κ2) is 10.6. The zero-order chi connectivity index (χ0) is 26.1. The average molecular weight is 522 g/mol. The monoisotopic (exact) mass is 521 g/mol. The molecule has 0 aromatic heterocycles. The number of aromatic hydroxyl groups is 1. The quantitative estimate of drug-likeness (QED) is 0.450. The van der Waals surface area contributed by atoms with Crippen molar-refractivity contribution < 1.29 is 24.2 Å². The fourth-order valence-electron chi connectivity index (χ4n) is 5.92. The Morgan fingerprint density at radius 2 is 1.78 bits per heavy atom. The van der Waals surface area contributed by atoms with Gasteiger partial charge in [0.2, 0.25) is 0 Å². The molecule has 2 aliphatic carbocycles. The van der Waals surface area contributed by atoms with Gasteiger partial charge in [-0.25, -0.2) is 4.79 Å². The van der Waals surface area contributed by atoms with E-state index in [4.69, 9.17) is 21.1 Å². The van der Waals surface area contributed by atoms with Crippen LogP contribution in [0.5, 0.6) is 11.5 Å². The maximum Gasteiger partial charge on any atom is 0.337 e. The molecule has 5 rings (SSSR count). The SMILES string of the molecule is COc1cc([C@@H]2C(C(=O)OC3CCCCC3)=C(C)NC3=C2C(=O)C[C@H](c2ccccc2)C3)cc(Cl)c1O. The van der Waals surface area contributed by atoms with E-state index in [0.29, 0.717) is 35.2 Å². The van der Waals surface area contributed by atoms with Gasteiger partial charge in [0.15, 0.2) is 17.3 Å². The van der Waals surface area contributed by atoms with E-state index in [2.05, 4.69) is 5.32 Å². The lowest BCUT2D eigenvalue weighted by Crippen LogP contribution is -2.37. The first kappa shape index (κ1) is 25.4. The number of hydrogen-bond donors (Lipinski definition) is 2. The molecule has 2 N–H and O–H groups in total. The molecule has 194 valence electrons. The van der Waals surface area contributed by atoms with Crippen LogP contribution in [0.3, 0.4) is 0 Å². The molecule has 1 heterocycles. The van der Waals surface area contributed by atoms with Crippen LogP contribution < -0.4 is 10.1 Å². The summed E-state index contributed by atoms with van der Waals surface area (Å²) in [4.78, 5) is 27.4. The third kappa shape index (κ3) is 4.99. The molecule has 0 saturated heterocycles. The number of rotatable bonds is 5. The van der Waals surface area contributed by atoms with E-state index in [1.165, 1.54) is 7.11 Å². The Kier molecular flexibility index (Phi) is 7.29. The van der Waals surface area contributed by atoms with Crippen LogP contribution in [0.4, 0.5) is 0 Å². The summed E-state index contributed by atoms with van der Waals surface area (Å²) >= 11 is 6.37. The summed E-state index contributed by atoms with van der Waals surface area (Å²) in [5.41, 5.74) is 4.14. The number of methoxy groups -OCH3 is 1. The molecule has 2 aromatic rings. The first-order valence-electron chi connectivity index (χ1n) is 12.9. The van der Waals surface area contributed by atoms with Gasteiger partial charge in [0.05, 0.1) is 17.7 Å². The summed E-state index contributed by atoms with van der Waals surface area (Å²) in [5, 5.41) is 13.8. The molecule has 2 aromatic carbocycles. The molecule has 6 nitrogen and oxygen atoms in total. The molecular formula is C30H32ClNO5. The van der Waals surface area contributed by atoms with Crippen LogP contribution in [0.2, 0.25) is 5.02 Å². The van der Waals surface area contributed by atoms with Crippen molar-refractivity contribution in [3.8, 4) is 11.5 Å². The Morgan fingerprint density at radius 3 is 2.49 bits per heavy atom. The zero-order valence-electron chi connectivity index (χ0n) is 21.2. The van der Waals surface area contributed by atoms with Crippen LogP contribution in [0.25, 0.3) is 0 Å². The van der Waals surface area contributed by atoms with E-state index in [-0.39, 0.29) is 34.3 Å². The number of carbonyl (C=O) groups is 2. The predicted octanol–water partition coefficient (Wildman–Crippen LogP) is 6.29. The van der Waals surface area contributed by atoms with Crippen LogP contribution in [0.1, 0.15) is 74.8 Å². The standard InChI is InChI=1S/C30H32ClNO5/c1-17-26(30(35)37-21-11-7-4-8-12-21)27(20-13-22(31)29(34)25(16-20)36-2)28-23(32-17)14-19(15-24(28)33)18-9-5-3-6-10-18/h3,5-6,9-10,13,16,19,21,27,32,34H,4,7-8,11-12,14-15H2,1-2H3/t19-,27-/m1/s1. The van der Waals surface area contributed by atoms with Gasteiger partial charge >= 0.3 is 5.97 Å². The van der Waals surface area contributed by atoms with Gasteiger partial charge < -0.3 is 19.9 Å². The second-order valence-corrected chi connectivity index (χ2v) is 10.6. The molecule has 3 aliphatic rings. The average Bonchev–Trinajstić information content (AvgIpc) is 2.90. The lowest BCUT2D eigenvalue weighted by molar-refractivity contribution is -0.146. The van der Waals surface area contributed by atoms with Gasteiger partial charge in [0.1, 0.15) is 6.10 Å². The van der Waals surface area contributed by atoms with E-state index < -0.39 is 11.9 Å². The highest BCUT2D eigenvalue weighted by atomic mass is 35.5. The van der Waals surface area contributed by atoms with E-state index in [1.54, 1.807) is 12.1 Å². The number of carbonyl (C=O) groups excluding carboxylic acids is 2. The Morgan fingerprint density at radius 1 is 1.05 bits per heavy atom. The minimum absolute atomic E-state index is 0.0220. The summed E-state index contributed by atoms with van der Waals surface area (Å²) in [6.45, 7) is 1.85. The molecule has 1 aliphatic heterocycles. The molecule has 2 atom stereocenters. The van der Waals surface area contributed by atoms with Crippen molar-refractivity contribution in [3.05, 3.63) is 81.2 Å². The molecule has 37 heavy (non-hydrogen) atoms. The fraction of sp³-hybridized carbons (Fsp3) is 0.400. The minimum Gasteiger partial charge on any atom is -0.503 e. The minimum atomic E-state index is -0.677. The Bertz CT molecular complexity index is 1280. The van der Waals surface area contributed by atoms with Gasteiger partial charge in [-0.15, -0.1) is 0 Å². The normalized spacial score (nSPS) is 22.4. The van der Waals surface area contributed by atoms with Crippen molar-refractivity contribution in [2.75, 3.05) is 7.11 Å². The summed E-state index contributed by atoms with van der Waals surface area (Å²) < 4.78 is 11.3. The third-order valence-electron chi connectivity index (χ3n) is 7.75. The van der Waals surface area contributed by atoms with Gasteiger partial charge in [-0.2, -0.15) is 0 Å². The molecule has 1 saturated carbocycles. The molecule has 0 unspecified atom stereocenters. The van der Waals surface area contributed by atoms with E-state index in [9.17, 15) is 14.7 Å². The highest BCUT2D eigenvalue weighted by molar-refractivity contribution is 6.32. The molecule has 0 amide bonds. The number of allylic oxidation sites excluding steroid dienone is 3. The van der Waals surface area contributed by atoms with E-state index in [0.717, 1.165) is 43.4 Å². The summed E-state index contributed by atoms with van der Waals surface area (Å²) in [6.07, 6.45) is 5.79. The number of ether oxygens (including phenoxy) is 2. The smallest absolute Gasteiger partial charge is 0.337 e. The lowest BCUT2D eigenvalue weighted by atomic mass is 9.71. The number of dihydropyridines is 1. The van der Waals surface area contributed by atoms with Crippen LogP contribution in [0, 0.1) is 0 Å². The molecule has 0 spiro atoms. The van der Waals surface area contributed by atoms with Crippen LogP contribution in [-0.4, -0.2) is 30.1 Å². The summed E-state index contributed by atoms with van der Waals surface area (Å²) in [6, 6.07) is 13.3. The predicted molar refractivity (Wildman–Crippen MR) is 142 cm³/mol. The van der Waals surface area contributed by atoms with Crippen LogP contribution in [0.15, 0.2) is 65.0 Å². The van der Waals surface area contributed by atoms with Crippen molar-refractivity contribution in [3.63, 3.8) is 0 Å². The maximum atomic E-state index is 13.8. The lowest BCUT2D eigenvalue weighted by Gasteiger charge is -2.37. The first-order chi connectivity index (χ1) is 17.9. The Hall–Kier alpha value is -3.25. The number of halogens is 1. The Balaban J connectivity index is 1.58. The van der Waals surface area contributed by atoms with E-state index >= 15 is 0 Å². The number of phenols is 1. The molecule has 0 radical (unpaired) electrons. The summed E-state index contributed by atoms with van der Waals surface area (Å²) in [7, 11) is 1.44. The number of Topliss-reactive ketones (excluding diaryl/α,β-unsaturated/α-hetero) is 1. The number of benzene rings is 2. The topological polar surface area (TPSA) is 84.9 Å². The summed E-state index contributed by atoms with van der Waals surface area (Å²) in [5.74, 6) is -1.07. The van der Waals surface area contributed by atoms with Crippen molar-refractivity contribution >= 4 is 23.4 Å². The molecule has 7 heteroatoms. The first-order valence-corrected chi connectivity index (χ1v) is 13.3. The zero-order valence-corrected chi connectivity index (χ0v) is 21.9.